The highest BCUT2D eigenvalue weighted by atomic mass is 32.2. The molecule has 2 aromatic heterocycles. The van der Waals surface area contributed by atoms with E-state index in [4.69, 9.17) is 4.74 Å². The summed E-state index contributed by atoms with van der Waals surface area (Å²) in [5.74, 6) is 1.87. The van der Waals surface area contributed by atoms with Gasteiger partial charge in [0.1, 0.15) is 5.75 Å². The number of aromatic nitrogens is 4. The molecule has 8 heteroatoms. The van der Waals surface area contributed by atoms with E-state index in [9.17, 15) is 4.79 Å². The van der Waals surface area contributed by atoms with Crippen LogP contribution in [0.25, 0.3) is 17.1 Å². The third kappa shape index (κ3) is 5.44. The van der Waals surface area contributed by atoms with Gasteiger partial charge >= 0.3 is 0 Å². The smallest absolute Gasteiger partial charge is 0.230 e. The fraction of sp³-hybridized carbons (Fsp3) is 0.391. The van der Waals surface area contributed by atoms with Crippen molar-refractivity contribution in [3.8, 4) is 22.8 Å². The summed E-state index contributed by atoms with van der Waals surface area (Å²) in [4.78, 5) is 16.6. The lowest BCUT2D eigenvalue weighted by atomic mass is 9.95. The number of thioether (sulfide) groups is 1. The lowest BCUT2D eigenvalue weighted by Crippen LogP contribution is -2.37. The Labute approximate surface area is 186 Å². The van der Waals surface area contributed by atoms with Crippen LogP contribution in [0.1, 0.15) is 39.0 Å². The maximum Gasteiger partial charge on any atom is 0.230 e. The van der Waals surface area contributed by atoms with Crippen molar-refractivity contribution in [2.45, 2.75) is 50.2 Å². The molecule has 1 fully saturated rings. The summed E-state index contributed by atoms with van der Waals surface area (Å²) < 4.78 is 7.54. The maximum absolute atomic E-state index is 12.5. The van der Waals surface area contributed by atoms with E-state index in [-0.39, 0.29) is 5.91 Å². The Morgan fingerprint density at radius 2 is 1.84 bits per heavy atom. The van der Waals surface area contributed by atoms with Crippen LogP contribution in [-0.2, 0) is 4.79 Å². The number of nitrogens with zero attached hydrogens (tertiary/aromatic N) is 4. The molecule has 1 aliphatic carbocycles. The number of hydrogen-bond donors (Lipinski definition) is 1. The van der Waals surface area contributed by atoms with Crippen molar-refractivity contribution in [2.75, 3.05) is 12.4 Å². The Bertz CT molecular complexity index is 985. The van der Waals surface area contributed by atoms with E-state index in [2.05, 4.69) is 20.5 Å². The summed E-state index contributed by atoms with van der Waals surface area (Å²) in [6.45, 7) is 2.58. The van der Waals surface area contributed by atoms with Gasteiger partial charge in [-0.1, -0.05) is 31.0 Å². The summed E-state index contributed by atoms with van der Waals surface area (Å²) in [6.07, 6.45) is 9.27. The van der Waals surface area contributed by atoms with Crippen LogP contribution in [0.2, 0.25) is 0 Å². The molecule has 0 radical (unpaired) electrons. The molecule has 0 unspecified atom stereocenters. The Balaban J connectivity index is 1.55. The van der Waals surface area contributed by atoms with Gasteiger partial charge in [0.05, 0.1) is 12.4 Å². The standard InChI is InChI=1S/C23H27N5O2S/c1-2-30-20-10-8-19(9-11-20)28-22(17-12-14-24-15-13-17)26-27-23(28)31-16-21(29)25-18-6-4-3-5-7-18/h8-15,18H,2-7,16H2,1H3,(H,25,29). The lowest BCUT2D eigenvalue weighted by Gasteiger charge is -2.22. The van der Waals surface area contributed by atoms with E-state index in [1.54, 1.807) is 12.4 Å². The molecule has 4 rings (SSSR count). The minimum atomic E-state index is 0.0450. The van der Waals surface area contributed by atoms with Crippen LogP contribution in [-0.4, -0.2) is 44.1 Å². The van der Waals surface area contributed by atoms with Crippen molar-refractivity contribution in [3.05, 3.63) is 48.8 Å². The number of ether oxygens (including phenoxy) is 1. The van der Waals surface area contributed by atoms with Crippen molar-refractivity contribution < 1.29 is 9.53 Å². The number of rotatable bonds is 8. The predicted octanol–water partition coefficient (Wildman–Crippen LogP) is 4.27. The molecule has 0 spiro atoms. The van der Waals surface area contributed by atoms with Gasteiger partial charge in [-0.25, -0.2) is 0 Å². The first-order valence-electron chi connectivity index (χ1n) is 10.8. The maximum atomic E-state index is 12.5. The van der Waals surface area contributed by atoms with Gasteiger partial charge in [-0.3, -0.25) is 14.3 Å². The third-order valence-electron chi connectivity index (χ3n) is 5.28. The van der Waals surface area contributed by atoms with E-state index >= 15 is 0 Å². The quantitative estimate of drug-likeness (QED) is 0.530. The second kappa shape index (κ2) is 10.4. The highest BCUT2D eigenvalue weighted by Crippen LogP contribution is 2.29. The molecular weight excluding hydrogens is 410 g/mol. The van der Waals surface area contributed by atoms with E-state index in [0.717, 1.165) is 29.8 Å². The molecule has 0 bridgehead atoms. The molecule has 1 N–H and O–H groups in total. The summed E-state index contributed by atoms with van der Waals surface area (Å²) in [7, 11) is 0. The molecule has 0 atom stereocenters. The molecule has 1 amide bonds. The van der Waals surface area contributed by atoms with Gasteiger partial charge < -0.3 is 10.1 Å². The van der Waals surface area contributed by atoms with Gasteiger partial charge in [-0.2, -0.15) is 0 Å². The highest BCUT2D eigenvalue weighted by Gasteiger charge is 2.19. The first kappa shape index (κ1) is 21.4. The van der Waals surface area contributed by atoms with Crippen molar-refractivity contribution in [3.63, 3.8) is 0 Å². The summed E-state index contributed by atoms with van der Waals surface area (Å²) in [6, 6.07) is 11.9. The molecule has 3 aromatic rings. The largest absolute Gasteiger partial charge is 0.494 e. The molecule has 1 aromatic carbocycles. The number of pyridine rings is 1. The van der Waals surface area contributed by atoms with Gasteiger partial charge in [0.15, 0.2) is 11.0 Å². The summed E-state index contributed by atoms with van der Waals surface area (Å²) in [5.41, 5.74) is 1.82. The van der Waals surface area contributed by atoms with Crippen LogP contribution in [0.4, 0.5) is 0 Å². The fourth-order valence-electron chi connectivity index (χ4n) is 3.79. The average molecular weight is 438 g/mol. The number of amides is 1. The average Bonchev–Trinajstić information content (AvgIpc) is 3.24. The van der Waals surface area contributed by atoms with Crippen LogP contribution in [0.5, 0.6) is 5.75 Å². The van der Waals surface area contributed by atoms with E-state index in [1.807, 2.05) is 47.9 Å². The molecule has 2 heterocycles. The predicted molar refractivity (Wildman–Crippen MR) is 121 cm³/mol. The second-order valence-corrected chi connectivity index (χ2v) is 8.44. The van der Waals surface area contributed by atoms with Crippen molar-refractivity contribution >= 4 is 17.7 Å². The fourth-order valence-corrected chi connectivity index (χ4v) is 4.55. The molecule has 1 saturated carbocycles. The molecule has 7 nitrogen and oxygen atoms in total. The van der Waals surface area contributed by atoms with Crippen molar-refractivity contribution in [2.24, 2.45) is 0 Å². The first-order valence-corrected chi connectivity index (χ1v) is 11.7. The van der Waals surface area contributed by atoms with Gasteiger partial charge in [0, 0.05) is 29.7 Å². The van der Waals surface area contributed by atoms with Gasteiger partial charge in [0.25, 0.3) is 0 Å². The van der Waals surface area contributed by atoms with E-state index in [0.29, 0.717) is 29.4 Å². The van der Waals surface area contributed by atoms with Crippen LogP contribution >= 0.6 is 11.8 Å². The topological polar surface area (TPSA) is 81.9 Å². The lowest BCUT2D eigenvalue weighted by molar-refractivity contribution is -0.119. The van der Waals surface area contributed by atoms with Gasteiger partial charge in [-0.05, 0) is 56.2 Å². The van der Waals surface area contributed by atoms with Crippen molar-refractivity contribution in [1.29, 1.82) is 0 Å². The zero-order chi connectivity index (χ0) is 21.5. The Morgan fingerprint density at radius 3 is 2.55 bits per heavy atom. The molecule has 0 saturated heterocycles. The highest BCUT2D eigenvalue weighted by molar-refractivity contribution is 7.99. The number of carbonyl (C=O) groups is 1. The summed E-state index contributed by atoms with van der Waals surface area (Å²) in [5, 5.41) is 12.6. The normalized spacial score (nSPS) is 14.4. The Kier molecular flexibility index (Phi) is 7.19. The molecule has 31 heavy (non-hydrogen) atoms. The Hall–Kier alpha value is -2.87. The number of nitrogens with one attached hydrogen (secondary N) is 1. The number of carbonyl (C=O) groups excluding carboxylic acids is 1. The zero-order valence-electron chi connectivity index (χ0n) is 17.7. The van der Waals surface area contributed by atoms with Gasteiger partial charge in [-0.15, -0.1) is 10.2 Å². The second-order valence-electron chi connectivity index (χ2n) is 7.50. The van der Waals surface area contributed by atoms with Gasteiger partial charge in [0.2, 0.25) is 5.91 Å². The van der Waals surface area contributed by atoms with Crippen LogP contribution in [0, 0.1) is 0 Å². The molecular formula is C23H27N5O2S. The summed E-state index contributed by atoms with van der Waals surface area (Å²) >= 11 is 1.40. The minimum Gasteiger partial charge on any atom is -0.494 e. The monoisotopic (exact) mass is 437 g/mol. The number of hydrogen-bond acceptors (Lipinski definition) is 6. The first-order chi connectivity index (χ1) is 15.2. The Morgan fingerprint density at radius 1 is 1.10 bits per heavy atom. The SMILES string of the molecule is CCOc1ccc(-n2c(SCC(=O)NC3CCCCC3)nnc2-c2ccncc2)cc1. The molecule has 0 aliphatic heterocycles. The van der Waals surface area contributed by atoms with Crippen LogP contribution in [0.3, 0.4) is 0 Å². The minimum absolute atomic E-state index is 0.0450. The van der Waals surface area contributed by atoms with Crippen LogP contribution < -0.4 is 10.1 Å². The number of benzene rings is 1. The molecule has 162 valence electrons. The van der Waals surface area contributed by atoms with Crippen LogP contribution in [0.15, 0.2) is 53.9 Å². The third-order valence-corrected chi connectivity index (χ3v) is 6.21. The molecule has 1 aliphatic rings. The van der Waals surface area contributed by atoms with E-state index in [1.165, 1.54) is 31.0 Å². The van der Waals surface area contributed by atoms with E-state index < -0.39 is 0 Å². The van der Waals surface area contributed by atoms with Crippen molar-refractivity contribution in [1.82, 2.24) is 25.1 Å². The zero-order valence-corrected chi connectivity index (χ0v) is 18.5.